The largest absolute Gasteiger partial charge is 0.507 e. The molecule has 0 spiro atoms. The van der Waals surface area contributed by atoms with Gasteiger partial charge in [-0.05, 0) is 11.5 Å². The number of aromatic hydroxyl groups is 1. The van der Waals surface area contributed by atoms with Crippen molar-refractivity contribution in [2.24, 2.45) is 5.92 Å². The highest BCUT2D eigenvalue weighted by molar-refractivity contribution is 5.88. The van der Waals surface area contributed by atoms with E-state index in [4.69, 9.17) is 13.9 Å². The monoisotopic (exact) mass is 487 g/mol. The van der Waals surface area contributed by atoms with Crippen LogP contribution in [0.5, 0.6) is 11.5 Å². The molecule has 2 N–H and O–H groups in total. The van der Waals surface area contributed by atoms with Crippen molar-refractivity contribution >= 4 is 23.0 Å². The van der Waals surface area contributed by atoms with E-state index < -0.39 is 23.5 Å². The van der Waals surface area contributed by atoms with Gasteiger partial charge < -0.3 is 24.3 Å². The Balaban J connectivity index is 1.52. The van der Waals surface area contributed by atoms with Gasteiger partial charge in [0.05, 0.1) is 0 Å². The zero-order chi connectivity index (χ0) is 25.7. The van der Waals surface area contributed by atoms with E-state index in [-0.39, 0.29) is 35.0 Å². The van der Waals surface area contributed by atoms with E-state index in [1.807, 2.05) is 36.4 Å². The molecule has 8 nitrogen and oxygen atoms in total. The Bertz CT molecular complexity index is 1430. The smallest absolute Gasteiger partial charge is 0.408 e. The van der Waals surface area contributed by atoms with Crippen molar-refractivity contribution in [3.63, 3.8) is 0 Å². The molecule has 3 aromatic carbocycles. The molecule has 1 atom stereocenters. The Morgan fingerprint density at radius 3 is 2.31 bits per heavy atom. The van der Waals surface area contributed by atoms with Crippen LogP contribution in [0.25, 0.3) is 22.3 Å². The van der Waals surface area contributed by atoms with E-state index in [0.717, 1.165) is 11.6 Å². The summed E-state index contributed by atoms with van der Waals surface area (Å²) in [5.74, 6) is -1.21. The van der Waals surface area contributed by atoms with Gasteiger partial charge in [-0.1, -0.05) is 74.5 Å². The average molecular weight is 488 g/mol. The molecule has 8 heteroatoms. The van der Waals surface area contributed by atoms with Gasteiger partial charge in [0.2, 0.25) is 0 Å². The number of amides is 1. The third kappa shape index (κ3) is 5.72. The van der Waals surface area contributed by atoms with E-state index in [2.05, 4.69) is 5.32 Å². The number of carbonyl (C=O) groups is 2. The summed E-state index contributed by atoms with van der Waals surface area (Å²) in [4.78, 5) is 37.8. The van der Waals surface area contributed by atoms with Crippen LogP contribution in [-0.4, -0.2) is 23.2 Å². The van der Waals surface area contributed by atoms with E-state index in [9.17, 15) is 19.5 Å². The first-order chi connectivity index (χ1) is 17.3. The molecule has 0 bridgehead atoms. The maximum Gasteiger partial charge on any atom is 0.408 e. The summed E-state index contributed by atoms with van der Waals surface area (Å²) < 4.78 is 16.5. The highest BCUT2D eigenvalue weighted by atomic mass is 16.6. The fourth-order valence-electron chi connectivity index (χ4n) is 3.62. The van der Waals surface area contributed by atoms with Gasteiger partial charge in [-0.3, -0.25) is 4.79 Å². The summed E-state index contributed by atoms with van der Waals surface area (Å²) in [6, 6.07) is 20.9. The Kier molecular flexibility index (Phi) is 7.34. The fraction of sp³-hybridized carbons (Fsp3) is 0.179. The molecule has 1 amide bonds. The molecule has 1 aromatic heterocycles. The lowest BCUT2D eigenvalue weighted by Crippen LogP contribution is -2.46. The number of phenolic OH excluding ortho intramolecular Hbond substituents is 1. The van der Waals surface area contributed by atoms with Crippen molar-refractivity contribution in [1.82, 2.24) is 5.32 Å². The van der Waals surface area contributed by atoms with E-state index >= 15 is 0 Å². The first-order valence-corrected chi connectivity index (χ1v) is 11.4. The summed E-state index contributed by atoms with van der Waals surface area (Å²) >= 11 is 0. The van der Waals surface area contributed by atoms with Gasteiger partial charge in [0, 0.05) is 23.8 Å². The van der Waals surface area contributed by atoms with Crippen LogP contribution in [0.4, 0.5) is 4.79 Å². The lowest BCUT2D eigenvalue weighted by molar-refractivity contribution is -0.137. The van der Waals surface area contributed by atoms with Crippen molar-refractivity contribution in [1.29, 1.82) is 0 Å². The normalized spacial score (nSPS) is 11.8. The second-order valence-corrected chi connectivity index (χ2v) is 8.51. The van der Waals surface area contributed by atoms with Gasteiger partial charge in [0.15, 0.2) is 5.43 Å². The number of hydrogen-bond donors (Lipinski definition) is 2. The zero-order valence-electron chi connectivity index (χ0n) is 19.8. The minimum absolute atomic E-state index is 0.0301. The van der Waals surface area contributed by atoms with Crippen molar-refractivity contribution in [2.45, 2.75) is 26.5 Å². The van der Waals surface area contributed by atoms with Crippen LogP contribution in [-0.2, 0) is 16.1 Å². The molecule has 0 saturated heterocycles. The highest BCUT2D eigenvalue weighted by Gasteiger charge is 2.27. The Morgan fingerprint density at radius 1 is 0.972 bits per heavy atom. The molecule has 4 aromatic rings. The average Bonchev–Trinajstić information content (AvgIpc) is 2.86. The van der Waals surface area contributed by atoms with Crippen molar-refractivity contribution in [2.75, 3.05) is 0 Å². The highest BCUT2D eigenvalue weighted by Crippen LogP contribution is 2.31. The molecule has 0 aliphatic carbocycles. The van der Waals surface area contributed by atoms with Crippen molar-refractivity contribution in [3.8, 4) is 22.8 Å². The lowest BCUT2D eigenvalue weighted by Gasteiger charge is -2.20. The summed E-state index contributed by atoms with van der Waals surface area (Å²) in [6.07, 6.45) is -0.769. The first-order valence-electron chi connectivity index (χ1n) is 11.4. The molecule has 1 heterocycles. The molecule has 36 heavy (non-hydrogen) atoms. The molecular formula is C28H25NO7. The molecule has 0 aliphatic rings. The van der Waals surface area contributed by atoms with Gasteiger partial charge in [-0.15, -0.1) is 0 Å². The zero-order valence-corrected chi connectivity index (χ0v) is 19.8. The van der Waals surface area contributed by atoms with Crippen LogP contribution >= 0.6 is 0 Å². The SMILES string of the molecule is CC(C)[C@@H](NC(=O)OCc1ccccc1)C(=O)Oc1cc(O)c2c(=O)cc(-c3ccccc3)oc2c1. The summed E-state index contributed by atoms with van der Waals surface area (Å²) in [6.45, 7) is 3.53. The minimum atomic E-state index is -1.02. The topological polar surface area (TPSA) is 115 Å². The Morgan fingerprint density at radius 2 is 1.64 bits per heavy atom. The van der Waals surface area contributed by atoms with Gasteiger partial charge in [-0.25, -0.2) is 9.59 Å². The molecule has 0 aliphatic heterocycles. The number of rotatable bonds is 7. The molecule has 184 valence electrons. The van der Waals surface area contributed by atoms with Crippen molar-refractivity contribution in [3.05, 3.63) is 94.6 Å². The third-order valence-electron chi connectivity index (χ3n) is 5.47. The van der Waals surface area contributed by atoms with Gasteiger partial charge in [-0.2, -0.15) is 0 Å². The quantitative estimate of drug-likeness (QED) is 0.278. The van der Waals surface area contributed by atoms with Crippen LogP contribution in [0.2, 0.25) is 0 Å². The number of esters is 1. The van der Waals surface area contributed by atoms with E-state index in [0.29, 0.717) is 11.3 Å². The van der Waals surface area contributed by atoms with Crippen LogP contribution in [0.1, 0.15) is 19.4 Å². The van der Waals surface area contributed by atoms with Gasteiger partial charge >= 0.3 is 12.1 Å². The minimum Gasteiger partial charge on any atom is -0.507 e. The summed E-state index contributed by atoms with van der Waals surface area (Å²) in [7, 11) is 0. The molecule has 0 radical (unpaired) electrons. The molecular weight excluding hydrogens is 462 g/mol. The molecule has 0 fully saturated rings. The number of nitrogens with one attached hydrogen (secondary N) is 1. The summed E-state index contributed by atoms with van der Waals surface area (Å²) in [5, 5.41) is 12.9. The fourth-order valence-corrected chi connectivity index (χ4v) is 3.62. The standard InChI is InChI=1S/C28H25NO7/c1-17(2)26(29-28(33)34-16-18-9-5-3-6-10-18)27(32)35-20-13-21(30)25-22(31)15-23(36-24(25)14-20)19-11-7-4-8-12-19/h3-15,17,26,30H,16H2,1-2H3,(H,29,33)/t26-/m1/s1. The Labute approximate surface area is 207 Å². The number of alkyl carbamates (subject to hydrolysis) is 1. The molecule has 0 unspecified atom stereocenters. The van der Waals surface area contributed by atoms with Crippen LogP contribution in [0.15, 0.2) is 88.1 Å². The number of phenols is 1. The predicted octanol–water partition coefficient (Wildman–Crippen LogP) is 5.02. The number of carbonyl (C=O) groups excluding carboxylic acids is 2. The third-order valence-corrected chi connectivity index (χ3v) is 5.47. The van der Waals surface area contributed by atoms with Crippen LogP contribution in [0, 0.1) is 5.92 Å². The number of hydrogen-bond acceptors (Lipinski definition) is 7. The van der Waals surface area contributed by atoms with E-state index in [1.54, 1.807) is 38.1 Å². The second kappa shape index (κ2) is 10.8. The molecule has 4 rings (SSSR count). The number of fused-ring (bicyclic) bond motifs is 1. The number of benzene rings is 3. The van der Waals surface area contributed by atoms with Crippen LogP contribution < -0.4 is 15.5 Å². The van der Waals surface area contributed by atoms with Crippen molar-refractivity contribution < 1.29 is 28.6 Å². The van der Waals surface area contributed by atoms with Gasteiger partial charge in [0.1, 0.15) is 40.9 Å². The second-order valence-electron chi connectivity index (χ2n) is 8.51. The molecule has 0 saturated carbocycles. The number of ether oxygens (including phenoxy) is 2. The predicted molar refractivity (Wildman–Crippen MR) is 134 cm³/mol. The van der Waals surface area contributed by atoms with E-state index in [1.165, 1.54) is 12.1 Å². The lowest BCUT2D eigenvalue weighted by atomic mass is 10.1. The summed E-state index contributed by atoms with van der Waals surface area (Å²) in [5.41, 5.74) is 1.10. The van der Waals surface area contributed by atoms with Crippen LogP contribution in [0.3, 0.4) is 0 Å². The maximum absolute atomic E-state index is 12.9. The van der Waals surface area contributed by atoms with Gasteiger partial charge in [0.25, 0.3) is 0 Å². The first kappa shape index (κ1) is 24.5. The maximum atomic E-state index is 12.9. The Hall–Kier alpha value is -4.59.